The Bertz CT molecular complexity index is 808. The lowest BCUT2D eigenvalue weighted by Crippen LogP contribution is -2.30. The van der Waals surface area contributed by atoms with Crippen LogP contribution < -0.4 is 26.1 Å². The lowest BCUT2D eigenvalue weighted by Gasteiger charge is -2.35. The van der Waals surface area contributed by atoms with Crippen LogP contribution in [-0.4, -0.2) is 38.6 Å². The molecule has 0 bridgehead atoms. The molecule has 0 aromatic carbocycles. The summed E-state index contributed by atoms with van der Waals surface area (Å²) in [6.07, 6.45) is -2.67. The zero-order valence-corrected chi connectivity index (χ0v) is 14.7. The number of aromatic nitrogens is 2. The Kier molecular flexibility index (Phi) is 6.36. The summed E-state index contributed by atoms with van der Waals surface area (Å²) in [5.41, 5.74) is 4.74. The average Bonchev–Trinajstić information content (AvgIpc) is 2.84. The molecule has 4 N–H and O–H groups in total. The van der Waals surface area contributed by atoms with Gasteiger partial charge in [-0.15, -0.1) is 0 Å². The van der Waals surface area contributed by atoms with Crippen molar-refractivity contribution in [1.29, 1.82) is 0 Å². The zero-order valence-electron chi connectivity index (χ0n) is 12.9. The summed E-state index contributed by atoms with van der Waals surface area (Å²) in [6.45, 7) is -1.38. The molecule has 1 aromatic heterocycles. The number of aliphatic hydroxyl groups is 2. The Morgan fingerprint density at radius 2 is 2.08 bits per heavy atom. The van der Waals surface area contributed by atoms with Crippen molar-refractivity contribution in [1.82, 2.24) is 9.55 Å². The van der Waals surface area contributed by atoms with Crippen LogP contribution in [-0.2, 0) is 29.3 Å². The molecule has 0 amide bonds. The maximum atomic E-state index is 11.9. The van der Waals surface area contributed by atoms with E-state index >= 15 is 0 Å². The van der Waals surface area contributed by atoms with Crippen molar-refractivity contribution in [3.63, 3.8) is 0 Å². The summed E-state index contributed by atoms with van der Waals surface area (Å²) in [5.74, 6) is -0.184. The highest BCUT2D eigenvalue weighted by molar-refractivity contribution is 7.58. The van der Waals surface area contributed by atoms with E-state index in [4.69, 9.17) is 15.6 Å². The van der Waals surface area contributed by atoms with E-state index in [-0.39, 0.29) is 17.8 Å². The fourth-order valence-electron chi connectivity index (χ4n) is 2.20. The van der Waals surface area contributed by atoms with Gasteiger partial charge in [0, 0.05) is 18.2 Å². The summed E-state index contributed by atoms with van der Waals surface area (Å²) in [6, 6.07) is 0. The number of nitrogens with zero attached hydrogens (tertiary/aromatic N) is 2. The molecule has 0 aliphatic carbocycles. The largest absolute Gasteiger partial charge is 0.790 e. The van der Waals surface area contributed by atoms with Crippen molar-refractivity contribution < 1.29 is 47.6 Å². The van der Waals surface area contributed by atoms with E-state index in [1.807, 2.05) is 0 Å². The second-order valence-electron chi connectivity index (χ2n) is 5.20. The Morgan fingerprint density at radius 1 is 1.42 bits per heavy atom. The molecule has 0 spiro atoms. The second-order valence-corrected chi connectivity index (χ2v) is 7.90. The molecule has 1 aromatic rings. The van der Waals surface area contributed by atoms with Crippen molar-refractivity contribution in [3.8, 4) is 0 Å². The lowest BCUT2D eigenvalue weighted by molar-refractivity contribution is -0.339. The van der Waals surface area contributed by atoms with Crippen molar-refractivity contribution in [2.45, 2.75) is 31.5 Å². The van der Waals surface area contributed by atoms with Gasteiger partial charge in [-0.3, -0.25) is 13.4 Å². The monoisotopic (exact) mass is 414 g/mol. The highest BCUT2D eigenvalue weighted by atomic mass is 31.3. The third kappa shape index (κ3) is 5.41. The number of hydrogen-bond acceptors (Lipinski definition) is 13. The molecule has 0 radical (unpaired) electrons. The van der Waals surface area contributed by atoms with Crippen LogP contribution in [0.25, 0.3) is 0 Å². The Hall–Kier alpha value is -1.18. The van der Waals surface area contributed by atoms with Crippen molar-refractivity contribution in [3.05, 3.63) is 22.2 Å². The van der Waals surface area contributed by atoms with Crippen molar-refractivity contribution >= 4 is 21.5 Å². The fraction of sp³-hybridized carbons (Fsp3) is 0.600. The summed E-state index contributed by atoms with van der Waals surface area (Å²) >= 11 is 0. The molecule has 2 rings (SSSR count). The van der Waals surface area contributed by atoms with E-state index in [1.54, 1.807) is 0 Å². The molecule has 4 atom stereocenters. The minimum Gasteiger partial charge on any atom is -0.790 e. The van der Waals surface area contributed by atoms with Gasteiger partial charge in [-0.25, -0.2) is 4.79 Å². The Labute approximate surface area is 145 Å². The molecule has 1 saturated heterocycles. The lowest BCUT2D eigenvalue weighted by atomic mass is 10.2. The number of anilines is 1. The Balaban J connectivity index is 2.07. The van der Waals surface area contributed by atoms with Gasteiger partial charge in [0.15, 0.2) is 0 Å². The minimum absolute atomic E-state index is 0.126. The van der Waals surface area contributed by atoms with Crippen molar-refractivity contribution in [2.24, 2.45) is 0 Å². The van der Waals surface area contributed by atoms with Crippen LogP contribution in [0.4, 0.5) is 5.82 Å². The minimum atomic E-state index is -5.84. The standard InChI is InChI=1S/C10H17N3O11P2/c11-9-5(3-14)2-13(10(16)12-9)8-1-6(15)7(23-8)4-22-26(20,21)24-25(17,18)19/h2,6-8,14-15H,1,3-4H2,(H,20,21)(H2,11,12,16)(H2,17,18,19)/p-3/t6-,7+,8+/m0/s1. The molecule has 148 valence electrons. The van der Waals surface area contributed by atoms with Gasteiger partial charge in [-0.1, -0.05) is 0 Å². The summed E-state index contributed by atoms with van der Waals surface area (Å²) in [4.78, 5) is 47.2. The number of rotatable bonds is 7. The molecule has 0 saturated carbocycles. The maximum absolute atomic E-state index is 11.9. The van der Waals surface area contributed by atoms with Crippen LogP contribution in [0.1, 0.15) is 18.2 Å². The van der Waals surface area contributed by atoms with E-state index in [0.717, 1.165) is 10.8 Å². The van der Waals surface area contributed by atoms with Gasteiger partial charge < -0.3 is 44.5 Å². The maximum Gasteiger partial charge on any atom is 0.351 e. The zero-order chi connectivity index (χ0) is 19.7. The number of ether oxygens (including phenoxy) is 1. The first-order chi connectivity index (χ1) is 11.9. The first kappa shape index (κ1) is 21.1. The molecule has 1 unspecified atom stereocenters. The van der Waals surface area contributed by atoms with E-state index in [0.29, 0.717) is 0 Å². The predicted molar refractivity (Wildman–Crippen MR) is 75.6 cm³/mol. The van der Waals surface area contributed by atoms with Gasteiger partial charge in [0.1, 0.15) is 18.1 Å². The summed E-state index contributed by atoms with van der Waals surface area (Å²) in [7, 11) is -11.3. The van der Waals surface area contributed by atoms with E-state index in [1.165, 1.54) is 0 Å². The second kappa shape index (κ2) is 7.82. The Morgan fingerprint density at radius 3 is 2.65 bits per heavy atom. The van der Waals surface area contributed by atoms with Gasteiger partial charge in [0.2, 0.25) is 0 Å². The smallest absolute Gasteiger partial charge is 0.351 e. The number of nitrogens with two attached hydrogens (primary N) is 1. The number of nitrogen functional groups attached to an aromatic ring is 1. The molecule has 1 fully saturated rings. The molecule has 14 nitrogen and oxygen atoms in total. The van der Waals surface area contributed by atoms with E-state index < -0.39 is 53.0 Å². The summed E-state index contributed by atoms with van der Waals surface area (Å²) < 4.78 is 35.2. The van der Waals surface area contributed by atoms with Gasteiger partial charge in [0.25, 0.3) is 7.82 Å². The molecular formula is C10H14N3O11P2-3. The average molecular weight is 414 g/mol. The topological polar surface area (TPSA) is 232 Å². The third-order valence-corrected chi connectivity index (χ3v) is 5.41. The van der Waals surface area contributed by atoms with Crippen LogP contribution in [0.15, 0.2) is 11.0 Å². The third-order valence-electron chi connectivity index (χ3n) is 3.34. The van der Waals surface area contributed by atoms with Gasteiger partial charge in [-0.05, 0) is 0 Å². The van der Waals surface area contributed by atoms with E-state index in [9.17, 15) is 33.7 Å². The molecule has 26 heavy (non-hydrogen) atoms. The number of hydrogen-bond donors (Lipinski definition) is 3. The molecular weight excluding hydrogens is 400 g/mol. The van der Waals surface area contributed by atoms with Gasteiger partial charge >= 0.3 is 5.69 Å². The normalized spacial score (nSPS) is 26.0. The van der Waals surface area contributed by atoms with Crippen LogP contribution in [0.3, 0.4) is 0 Å². The molecule has 2 heterocycles. The number of aliphatic hydroxyl groups excluding tert-OH is 2. The number of phosphoric acid groups is 2. The van der Waals surface area contributed by atoms with Crippen LogP contribution >= 0.6 is 15.6 Å². The number of phosphoric ester groups is 1. The van der Waals surface area contributed by atoms with E-state index in [2.05, 4.69) is 13.8 Å². The fourth-order valence-corrected chi connectivity index (χ4v) is 3.69. The summed E-state index contributed by atoms with van der Waals surface area (Å²) in [5, 5.41) is 19.0. The van der Waals surface area contributed by atoms with Gasteiger partial charge in [0.05, 0.1) is 27.1 Å². The van der Waals surface area contributed by atoms with Crippen LogP contribution in [0, 0.1) is 0 Å². The predicted octanol–water partition coefficient (Wildman–Crippen LogP) is -3.70. The molecule has 1 aliphatic rings. The first-order valence-electron chi connectivity index (χ1n) is 6.93. The molecule has 16 heteroatoms. The quantitative estimate of drug-likeness (QED) is 0.365. The van der Waals surface area contributed by atoms with Crippen LogP contribution in [0.2, 0.25) is 0 Å². The molecule has 1 aliphatic heterocycles. The van der Waals surface area contributed by atoms with Gasteiger partial charge in [-0.2, -0.15) is 4.98 Å². The highest BCUT2D eigenvalue weighted by Crippen LogP contribution is 2.50. The van der Waals surface area contributed by atoms with Crippen LogP contribution in [0.5, 0.6) is 0 Å². The SMILES string of the molecule is Nc1nc(=O)n([C@H]2C[C@H](O)[C@@H](COP(=O)([O-])OP(=O)([O-])[O-])O2)cc1CO. The first-order valence-corrected chi connectivity index (χ1v) is 9.85. The van der Waals surface area contributed by atoms with Crippen molar-refractivity contribution in [2.75, 3.05) is 12.3 Å². The highest BCUT2D eigenvalue weighted by Gasteiger charge is 2.36.